The molecule has 2 aromatic heterocycles. The predicted octanol–water partition coefficient (Wildman–Crippen LogP) is 3.03. The van der Waals surface area contributed by atoms with Gasteiger partial charge in [-0.05, 0) is 58.4 Å². The maximum absolute atomic E-state index is 12.6. The fourth-order valence-electron chi connectivity index (χ4n) is 5.49. The minimum atomic E-state index is -0.254. The maximum Gasteiger partial charge on any atom is 0.275 e. The van der Waals surface area contributed by atoms with Crippen LogP contribution in [0.3, 0.4) is 0 Å². The molecule has 0 saturated carbocycles. The first-order valence-electron chi connectivity index (χ1n) is 12.1. The van der Waals surface area contributed by atoms with Gasteiger partial charge in [0, 0.05) is 43.4 Å². The molecule has 0 aliphatic carbocycles. The van der Waals surface area contributed by atoms with E-state index in [0.29, 0.717) is 36.6 Å². The van der Waals surface area contributed by atoms with Gasteiger partial charge in [0.05, 0.1) is 18.3 Å². The molecular weight excluding hydrogens is 428 g/mol. The number of hydrogen-bond donors (Lipinski definition) is 2. The Morgan fingerprint density at radius 1 is 1.29 bits per heavy atom. The second-order valence-electron chi connectivity index (χ2n) is 9.79. The molecule has 2 N–H and O–H groups in total. The third-order valence-corrected chi connectivity index (χ3v) is 7.46. The molecule has 34 heavy (non-hydrogen) atoms. The fourth-order valence-corrected chi connectivity index (χ4v) is 5.49. The van der Waals surface area contributed by atoms with E-state index >= 15 is 0 Å². The van der Waals surface area contributed by atoms with E-state index in [9.17, 15) is 4.79 Å². The van der Waals surface area contributed by atoms with Gasteiger partial charge in [0.2, 0.25) is 0 Å². The van der Waals surface area contributed by atoms with Crippen LogP contribution in [0.1, 0.15) is 61.8 Å². The molecule has 0 spiro atoms. The molecule has 3 atom stereocenters. The van der Waals surface area contributed by atoms with Gasteiger partial charge >= 0.3 is 0 Å². The lowest BCUT2D eigenvalue weighted by atomic mass is 9.90. The second kappa shape index (κ2) is 8.76. The summed E-state index contributed by atoms with van der Waals surface area (Å²) in [7, 11) is 0. The highest BCUT2D eigenvalue weighted by Crippen LogP contribution is 2.51. The number of piperazine rings is 1. The molecule has 1 amide bonds. The molecule has 0 bridgehead atoms. The molecule has 0 radical (unpaired) electrons. The van der Waals surface area contributed by atoms with Gasteiger partial charge in [-0.3, -0.25) is 19.8 Å². The number of carbonyl (C=O) groups is 1. The Morgan fingerprint density at radius 2 is 2.15 bits per heavy atom. The minimum Gasteiger partial charge on any atom is -0.353 e. The summed E-state index contributed by atoms with van der Waals surface area (Å²) in [5.41, 5.74) is 2.22. The van der Waals surface area contributed by atoms with Crippen molar-refractivity contribution in [1.82, 2.24) is 29.9 Å². The lowest BCUT2D eigenvalue weighted by Crippen LogP contribution is -2.61. The van der Waals surface area contributed by atoms with Gasteiger partial charge in [-0.25, -0.2) is 0 Å². The van der Waals surface area contributed by atoms with Gasteiger partial charge in [0.1, 0.15) is 17.1 Å². The predicted molar refractivity (Wildman–Crippen MR) is 128 cm³/mol. The summed E-state index contributed by atoms with van der Waals surface area (Å²) in [6.07, 6.45) is 6.63. The highest BCUT2D eigenvalue weighted by atomic mass is 16.2. The largest absolute Gasteiger partial charge is 0.353 e. The topological polar surface area (TPSA) is 104 Å². The average molecular weight is 461 g/mol. The zero-order valence-electron chi connectivity index (χ0n) is 20.1. The van der Waals surface area contributed by atoms with E-state index < -0.39 is 0 Å². The summed E-state index contributed by atoms with van der Waals surface area (Å²) in [5.74, 6) is 1.59. The number of nitriles is 1. The number of hydrogen-bond acceptors (Lipinski definition) is 7. The highest BCUT2D eigenvalue weighted by molar-refractivity contribution is 6.02. The number of carbonyl (C=O) groups excluding carboxylic acids is 1. The molecule has 3 aliphatic heterocycles. The van der Waals surface area contributed by atoms with Gasteiger partial charge in [-0.1, -0.05) is 6.07 Å². The van der Waals surface area contributed by atoms with Crippen LogP contribution < -0.4 is 5.32 Å². The first kappa shape index (κ1) is 22.4. The molecule has 3 aliphatic rings. The first-order chi connectivity index (χ1) is 16.4. The van der Waals surface area contributed by atoms with Crippen molar-refractivity contribution in [2.24, 2.45) is 0 Å². The lowest BCUT2D eigenvalue weighted by Gasteiger charge is -2.54. The van der Waals surface area contributed by atoms with Crippen molar-refractivity contribution in [3.63, 3.8) is 0 Å². The number of unbranched alkanes of at least 4 members (excludes halogenated alkanes) is 2. The van der Waals surface area contributed by atoms with Gasteiger partial charge in [-0.15, -0.1) is 0 Å². The first-order valence-corrected chi connectivity index (χ1v) is 12.1. The van der Waals surface area contributed by atoms with Crippen molar-refractivity contribution in [1.29, 1.82) is 5.26 Å². The number of H-pyrrole nitrogens is 1. The van der Waals surface area contributed by atoms with Crippen LogP contribution in [0.2, 0.25) is 0 Å². The standard InChI is InChI=1S/C25H32N8O/c1-17-15-32(18(2)14-31(17)12-8-4-6-10-26)21-13-25(3)22-19(16-33(21)25)23(30-29-22)28-24(34)20-9-5-7-11-27-20/h5,7,9,11,13,17-18H,4,6,8,12,14-16H2,1-3H3,(H2,28,29,30,34)/t17-,18+,25?/m1/s1. The number of aromatic amines is 1. The molecule has 5 rings (SSSR count). The van der Waals surface area contributed by atoms with Crippen molar-refractivity contribution in [2.75, 3.05) is 25.0 Å². The van der Waals surface area contributed by atoms with Crippen molar-refractivity contribution in [3.8, 4) is 6.07 Å². The van der Waals surface area contributed by atoms with E-state index in [0.717, 1.165) is 43.7 Å². The number of amides is 1. The summed E-state index contributed by atoms with van der Waals surface area (Å²) in [6, 6.07) is 8.39. The zero-order chi connectivity index (χ0) is 23.9. The number of nitrogens with one attached hydrogen (secondary N) is 2. The number of aromatic nitrogens is 3. The van der Waals surface area contributed by atoms with E-state index in [2.05, 4.69) is 68.1 Å². The van der Waals surface area contributed by atoms with Crippen LogP contribution in [0, 0.1) is 11.3 Å². The Bertz CT molecular complexity index is 1140. The summed E-state index contributed by atoms with van der Waals surface area (Å²) in [4.78, 5) is 24.2. The molecule has 178 valence electrons. The van der Waals surface area contributed by atoms with Crippen LogP contribution in [-0.4, -0.2) is 67.5 Å². The van der Waals surface area contributed by atoms with Crippen LogP contribution in [0.4, 0.5) is 5.82 Å². The molecular formula is C25H32N8O. The Balaban J connectivity index is 1.25. The smallest absolute Gasteiger partial charge is 0.275 e. The van der Waals surface area contributed by atoms with Gasteiger partial charge in [0.15, 0.2) is 5.82 Å². The maximum atomic E-state index is 12.6. The van der Waals surface area contributed by atoms with Crippen LogP contribution in [0.15, 0.2) is 36.3 Å². The monoisotopic (exact) mass is 460 g/mol. The highest BCUT2D eigenvalue weighted by Gasteiger charge is 2.53. The molecule has 5 heterocycles. The molecule has 9 heteroatoms. The minimum absolute atomic E-state index is 0.233. The summed E-state index contributed by atoms with van der Waals surface area (Å²) in [6.45, 7) is 10.5. The van der Waals surface area contributed by atoms with Crippen LogP contribution in [0.25, 0.3) is 0 Å². The average Bonchev–Trinajstić information content (AvgIpc) is 3.32. The lowest BCUT2D eigenvalue weighted by molar-refractivity contribution is 0.00571. The summed E-state index contributed by atoms with van der Waals surface area (Å²) >= 11 is 0. The van der Waals surface area contributed by atoms with Gasteiger partial charge in [0.25, 0.3) is 5.91 Å². The Morgan fingerprint density at radius 3 is 2.91 bits per heavy atom. The van der Waals surface area contributed by atoms with Crippen LogP contribution in [-0.2, 0) is 12.1 Å². The summed E-state index contributed by atoms with van der Waals surface area (Å²) < 4.78 is 0. The molecule has 9 nitrogen and oxygen atoms in total. The third-order valence-electron chi connectivity index (χ3n) is 7.46. The van der Waals surface area contributed by atoms with Gasteiger partial charge in [-0.2, -0.15) is 10.4 Å². The van der Waals surface area contributed by atoms with E-state index in [4.69, 9.17) is 5.26 Å². The van der Waals surface area contributed by atoms with Crippen LogP contribution >= 0.6 is 0 Å². The van der Waals surface area contributed by atoms with E-state index in [1.165, 1.54) is 5.82 Å². The zero-order valence-corrected chi connectivity index (χ0v) is 20.1. The number of nitrogens with zero attached hydrogens (tertiary/aromatic N) is 6. The fraction of sp³-hybridized carbons (Fsp3) is 0.520. The number of anilines is 1. The SMILES string of the molecule is C[C@@H]1CN(C2=CC3(C)c4[nH]nc(NC(=O)c5ccccn5)c4CN23)[C@@H](C)CN1CCCCC#N. The second-order valence-corrected chi connectivity index (χ2v) is 9.79. The molecule has 0 aromatic carbocycles. The van der Waals surface area contributed by atoms with E-state index in [-0.39, 0.29) is 11.4 Å². The van der Waals surface area contributed by atoms with Crippen molar-refractivity contribution in [3.05, 3.63) is 53.2 Å². The summed E-state index contributed by atoms with van der Waals surface area (Å²) in [5, 5.41) is 19.3. The van der Waals surface area contributed by atoms with Crippen molar-refractivity contribution in [2.45, 2.75) is 64.2 Å². The van der Waals surface area contributed by atoms with Crippen molar-refractivity contribution < 1.29 is 4.79 Å². The quantitative estimate of drug-likeness (QED) is 0.612. The van der Waals surface area contributed by atoms with E-state index in [1.807, 2.05) is 0 Å². The molecule has 1 fully saturated rings. The van der Waals surface area contributed by atoms with Gasteiger partial charge < -0.3 is 15.1 Å². The van der Waals surface area contributed by atoms with Crippen LogP contribution in [0.5, 0.6) is 0 Å². The number of pyridine rings is 1. The number of fused-ring (bicyclic) bond motifs is 3. The Kier molecular flexibility index (Phi) is 5.78. The molecule has 1 saturated heterocycles. The Labute approximate surface area is 200 Å². The molecule has 1 unspecified atom stereocenters. The Hall–Kier alpha value is -3.38. The third kappa shape index (κ3) is 3.72. The van der Waals surface area contributed by atoms with Crippen molar-refractivity contribution >= 4 is 11.7 Å². The van der Waals surface area contributed by atoms with E-state index in [1.54, 1.807) is 24.4 Å². The number of rotatable bonds is 7. The normalized spacial score (nSPS) is 25.8. The molecule has 2 aromatic rings.